The first kappa shape index (κ1) is 21.9. The van der Waals surface area contributed by atoms with Crippen LogP contribution < -0.4 is 4.74 Å². The minimum absolute atomic E-state index is 0.231. The van der Waals surface area contributed by atoms with E-state index in [2.05, 4.69) is 35.0 Å². The Hall–Kier alpha value is -2.90. The van der Waals surface area contributed by atoms with E-state index in [1.165, 1.54) is 0 Å². The van der Waals surface area contributed by atoms with Crippen LogP contribution in [-0.2, 0) is 9.84 Å². The number of fused-ring (bicyclic) bond motifs is 3. The molecule has 0 unspecified atom stereocenters. The summed E-state index contributed by atoms with van der Waals surface area (Å²) < 4.78 is 31.9. The van der Waals surface area contributed by atoms with Crippen LogP contribution >= 0.6 is 0 Å². The van der Waals surface area contributed by atoms with Gasteiger partial charge in [0.15, 0.2) is 9.84 Å². The van der Waals surface area contributed by atoms with Crippen LogP contribution in [0.3, 0.4) is 0 Å². The van der Waals surface area contributed by atoms with E-state index in [0.29, 0.717) is 11.5 Å². The van der Waals surface area contributed by atoms with E-state index in [-0.39, 0.29) is 5.25 Å². The third-order valence-corrected chi connectivity index (χ3v) is 8.41. The smallest absolute Gasteiger partial charge is 0.181 e. The Morgan fingerprint density at radius 2 is 1.97 bits per heavy atom. The number of sulfone groups is 1. The van der Waals surface area contributed by atoms with Gasteiger partial charge in [0, 0.05) is 23.5 Å². The summed E-state index contributed by atoms with van der Waals surface area (Å²) in [5, 5.41) is 1.78. The highest BCUT2D eigenvalue weighted by Crippen LogP contribution is 2.40. The van der Waals surface area contributed by atoms with Gasteiger partial charge in [-0.05, 0) is 87.3 Å². The van der Waals surface area contributed by atoms with Crippen LogP contribution in [0.2, 0.25) is 0 Å². The number of ether oxygens (including phenoxy) is 1. The zero-order valence-electron chi connectivity index (χ0n) is 19.3. The molecule has 0 atom stereocenters. The molecule has 0 radical (unpaired) electrons. The van der Waals surface area contributed by atoms with Gasteiger partial charge in [-0.15, -0.1) is 0 Å². The summed E-state index contributed by atoms with van der Waals surface area (Å²) in [5.74, 6) is 0.782. The van der Waals surface area contributed by atoms with Crippen molar-refractivity contribution in [3.05, 3.63) is 54.2 Å². The predicted molar refractivity (Wildman–Crippen MR) is 133 cm³/mol. The number of H-pyrrole nitrogens is 1. The van der Waals surface area contributed by atoms with Gasteiger partial charge in [-0.25, -0.2) is 13.4 Å². The van der Waals surface area contributed by atoms with Gasteiger partial charge in [0.25, 0.3) is 0 Å². The highest BCUT2D eigenvalue weighted by molar-refractivity contribution is 7.92. The summed E-state index contributed by atoms with van der Waals surface area (Å²) in [6, 6.07) is 13.4. The van der Waals surface area contributed by atoms with Gasteiger partial charge in [0.2, 0.25) is 0 Å². The number of rotatable bonds is 8. The van der Waals surface area contributed by atoms with Crippen molar-refractivity contribution in [3.63, 3.8) is 0 Å². The predicted octanol–water partition coefficient (Wildman–Crippen LogP) is 4.96. The lowest BCUT2D eigenvalue weighted by Crippen LogP contribution is -2.15. The number of aromatic amines is 1. The Bertz CT molecular complexity index is 1440. The number of aryl methyl sites for hydroxylation is 1. The quantitative estimate of drug-likeness (QED) is 0.374. The second-order valence-electron chi connectivity index (χ2n) is 9.17. The fraction of sp³-hybridized carbons (Fsp3) is 0.346. The van der Waals surface area contributed by atoms with E-state index in [1.54, 1.807) is 6.07 Å². The summed E-state index contributed by atoms with van der Waals surface area (Å²) in [6.07, 6.45) is 4.28. The molecule has 0 amide bonds. The molecule has 2 aromatic carbocycles. The molecule has 1 saturated carbocycles. The molecule has 6 nitrogen and oxygen atoms in total. The maximum absolute atomic E-state index is 12.9. The zero-order valence-corrected chi connectivity index (χ0v) is 20.1. The summed E-state index contributed by atoms with van der Waals surface area (Å²) in [5.41, 5.74) is 4.60. The SMILES string of the molecule is Cc1cnc2[nH]c3c(OCCCN(C)C)ccc(-c4cccc(S(=O)(=O)C5CC5)c4)c3c2c1. The number of pyridine rings is 1. The Balaban J connectivity index is 1.63. The van der Waals surface area contributed by atoms with Gasteiger partial charge in [-0.2, -0.15) is 0 Å². The topological polar surface area (TPSA) is 75.3 Å². The Morgan fingerprint density at radius 1 is 1.15 bits per heavy atom. The molecule has 7 heteroatoms. The highest BCUT2D eigenvalue weighted by Gasteiger charge is 2.37. The summed E-state index contributed by atoms with van der Waals surface area (Å²) in [6.45, 7) is 3.59. The van der Waals surface area contributed by atoms with Gasteiger partial charge in [-0.3, -0.25) is 0 Å². The molecule has 1 aliphatic carbocycles. The lowest BCUT2D eigenvalue weighted by Gasteiger charge is -2.13. The van der Waals surface area contributed by atoms with Crippen molar-refractivity contribution in [2.75, 3.05) is 27.2 Å². The number of nitrogens with zero attached hydrogens (tertiary/aromatic N) is 2. The normalized spacial score (nSPS) is 14.4. The van der Waals surface area contributed by atoms with Crippen molar-refractivity contribution in [1.29, 1.82) is 0 Å². The van der Waals surface area contributed by atoms with Crippen LogP contribution in [0.5, 0.6) is 5.75 Å². The lowest BCUT2D eigenvalue weighted by molar-refractivity contribution is 0.284. The Morgan fingerprint density at radius 3 is 2.73 bits per heavy atom. The molecule has 0 spiro atoms. The molecule has 172 valence electrons. The second-order valence-corrected chi connectivity index (χ2v) is 11.4. The molecule has 2 heterocycles. The van der Waals surface area contributed by atoms with Crippen molar-refractivity contribution in [1.82, 2.24) is 14.9 Å². The molecule has 5 rings (SSSR count). The molecule has 2 aromatic heterocycles. The van der Waals surface area contributed by atoms with E-state index in [1.807, 2.05) is 43.5 Å². The van der Waals surface area contributed by atoms with Crippen molar-refractivity contribution in [3.8, 4) is 16.9 Å². The molecule has 1 aliphatic rings. The number of hydrogen-bond acceptors (Lipinski definition) is 5. The van der Waals surface area contributed by atoms with Gasteiger partial charge in [0.05, 0.1) is 22.3 Å². The van der Waals surface area contributed by atoms with Gasteiger partial charge in [-0.1, -0.05) is 12.1 Å². The van der Waals surface area contributed by atoms with E-state index in [0.717, 1.165) is 70.2 Å². The summed E-state index contributed by atoms with van der Waals surface area (Å²) >= 11 is 0. The second kappa shape index (κ2) is 8.47. The fourth-order valence-electron chi connectivity index (χ4n) is 4.30. The minimum atomic E-state index is -3.26. The molecule has 0 bridgehead atoms. The first-order valence-electron chi connectivity index (χ1n) is 11.4. The van der Waals surface area contributed by atoms with Gasteiger partial charge in [0.1, 0.15) is 11.4 Å². The molecular formula is C26H29N3O3S. The standard InChI is InChI=1S/C26H29N3O3S/c1-17-14-22-24-21(18-6-4-7-20(15-18)33(30,31)19-8-9-19)10-11-23(32-13-5-12-29(2)3)25(24)28-26(22)27-16-17/h4,6-7,10-11,14-16,19H,5,8-9,12-13H2,1-3H3,(H,27,28). The number of hydrogen-bond donors (Lipinski definition) is 1. The Labute approximate surface area is 194 Å². The lowest BCUT2D eigenvalue weighted by atomic mass is 9.99. The molecule has 1 N–H and O–H groups in total. The molecule has 4 aromatic rings. The van der Waals surface area contributed by atoms with Gasteiger partial charge >= 0.3 is 0 Å². The van der Waals surface area contributed by atoms with Gasteiger partial charge < -0.3 is 14.6 Å². The number of aromatic nitrogens is 2. The third kappa shape index (κ3) is 4.23. The third-order valence-electron chi connectivity index (χ3n) is 6.15. The first-order valence-corrected chi connectivity index (χ1v) is 12.9. The monoisotopic (exact) mass is 463 g/mol. The van der Waals surface area contributed by atoms with Crippen molar-refractivity contribution in [2.45, 2.75) is 36.3 Å². The van der Waals surface area contributed by atoms with Crippen LogP contribution in [0, 0.1) is 6.92 Å². The number of benzene rings is 2. The molecule has 33 heavy (non-hydrogen) atoms. The fourth-order valence-corrected chi connectivity index (χ4v) is 6.00. The average Bonchev–Trinajstić information content (AvgIpc) is 3.59. The van der Waals surface area contributed by atoms with E-state index >= 15 is 0 Å². The molecular weight excluding hydrogens is 434 g/mol. The van der Waals surface area contributed by atoms with E-state index in [4.69, 9.17) is 4.74 Å². The molecule has 1 fully saturated rings. The van der Waals surface area contributed by atoms with Crippen LogP contribution in [0.1, 0.15) is 24.8 Å². The number of nitrogens with one attached hydrogen (secondary N) is 1. The van der Waals surface area contributed by atoms with Crippen LogP contribution in [-0.4, -0.2) is 55.8 Å². The highest BCUT2D eigenvalue weighted by atomic mass is 32.2. The maximum atomic E-state index is 12.9. The molecule has 0 saturated heterocycles. The van der Waals surface area contributed by atoms with Crippen LogP contribution in [0.15, 0.2) is 53.6 Å². The van der Waals surface area contributed by atoms with Crippen molar-refractivity contribution in [2.24, 2.45) is 0 Å². The van der Waals surface area contributed by atoms with Crippen LogP contribution in [0.25, 0.3) is 33.1 Å². The van der Waals surface area contributed by atoms with Crippen LogP contribution in [0.4, 0.5) is 0 Å². The minimum Gasteiger partial charge on any atom is -0.491 e. The van der Waals surface area contributed by atoms with E-state index in [9.17, 15) is 8.42 Å². The van der Waals surface area contributed by atoms with Crippen molar-refractivity contribution < 1.29 is 13.2 Å². The molecule has 0 aliphatic heterocycles. The van der Waals surface area contributed by atoms with Crippen molar-refractivity contribution >= 4 is 31.8 Å². The average molecular weight is 464 g/mol. The Kier molecular flexibility index (Phi) is 5.62. The zero-order chi connectivity index (χ0) is 23.2. The first-order chi connectivity index (χ1) is 15.8. The maximum Gasteiger partial charge on any atom is 0.181 e. The largest absolute Gasteiger partial charge is 0.491 e. The summed E-state index contributed by atoms with van der Waals surface area (Å²) in [7, 11) is 0.839. The van der Waals surface area contributed by atoms with E-state index < -0.39 is 9.84 Å². The summed E-state index contributed by atoms with van der Waals surface area (Å²) in [4.78, 5) is 10.6.